The van der Waals surface area contributed by atoms with Crippen molar-refractivity contribution >= 4 is 5.91 Å². The van der Waals surface area contributed by atoms with Crippen LogP contribution < -0.4 is 5.56 Å². The normalized spacial score (nSPS) is 16.2. The first-order chi connectivity index (χ1) is 10.5. The summed E-state index contributed by atoms with van der Waals surface area (Å²) in [6, 6.07) is 3.41. The van der Waals surface area contributed by atoms with Crippen LogP contribution in [0.25, 0.3) is 0 Å². The number of aryl methyl sites for hydroxylation is 2. The number of amides is 1. The summed E-state index contributed by atoms with van der Waals surface area (Å²) in [5.74, 6) is 0.509. The summed E-state index contributed by atoms with van der Waals surface area (Å²) in [7, 11) is 3.64. The quantitative estimate of drug-likeness (QED) is 0.899. The molecule has 3 heterocycles. The fraction of sp³-hybridized carbons (Fsp3) is 0.533. The number of hydrogen-bond donors (Lipinski definition) is 1. The lowest BCUT2D eigenvalue weighted by Gasteiger charge is -2.32. The van der Waals surface area contributed by atoms with Gasteiger partial charge in [0.2, 0.25) is 0 Å². The van der Waals surface area contributed by atoms with Crippen LogP contribution in [0.15, 0.2) is 23.1 Å². The average molecular weight is 303 g/mol. The van der Waals surface area contributed by atoms with Gasteiger partial charge in [-0.05, 0) is 31.2 Å². The lowest BCUT2D eigenvalue weighted by Crippen LogP contribution is -2.39. The van der Waals surface area contributed by atoms with Crippen LogP contribution in [-0.4, -0.2) is 43.5 Å². The van der Waals surface area contributed by atoms with Gasteiger partial charge in [-0.2, -0.15) is 5.10 Å². The number of nitrogens with zero attached hydrogens (tertiary/aromatic N) is 4. The van der Waals surface area contributed by atoms with Crippen molar-refractivity contribution in [1.82, 2.24) is 24.5 Å². The molecule has 2 aromatic heterocycles. The largest absolute Gasteiger partial charge is 0.337 e. The third-order valence-electron chi connectivity index (χ3n) is 4.45. The molecule has 0 saturated carbocycles. The van der Waals surface area contributed by atoms with Gasteiger partial charge in [-0.25, -0.2) is 0 Å². The summed E-state index contributed by atoms with van der Waals surface area (Å²) in [5, 5.41) is 6.77. The van der Waals surface area contributed by atoms with E-state index in [1.54, 1.807) is 7.05 Å². The van der Waals surface area contributed by atoms with Crippen LogP contribution in [0.1, 0.15) is 29.0 Å². The molecule has 22 heavy (non-hydrogen) atoms. The smallest absolute Gasteiger partial charge is 0.272 e. The van der Waals surface area contributed by atoms with Crippen LogP contribution in [0.4, 0.5) is 0 Å². The van der Waals surface area contributed by atoms with E-state index >= 15 is 0 Å². The second kappa shape index (κ2) is 5.82. The Kier molecular flexibility index (Phi) is 3.87. The van der Waals surface area contributed by atoms with Gasteiger partial charge < -0.3 is 4.90 Å². The molecule has 0 radical (unpaired) electrons. The van der Waals surface area contributed by atoms with Gasteiger partial charge in [-0.15, -0.1) is 0 Å². The Morgan fingerprint density at radius 1 is 1.36 bits per heavy atom. The molecule has 1 aliphatic heterocycles. The Labute approximate surface area is 128 Å². The van der Waals surface area contributed by atoms with Crippen molar-refractivity contribution < 1.29 is 4.79 Å². The monoisotopic (exact) mass is 303 g/mol. The average Bonchev–Trinajstić information content (AvgIpc) is 3.05. The van der Waals surface area contributed by atoms with E-state index in [1.165, 1.54) is 16.4 Å². The zero-order valence-electron chi connectivity index (χ0n) is 13.0. The van der Waals surface area contributed by atoms with Gasteiger partial charge in [-0.1, -0.05) is 0 Å². The lowest BCUT2D eigenvalue weighted by molar-refractivity contribution is 0.0678. The number of aromatic nitrogens is 4. The van der Waals surface area contributed by atoms with Crippen molar-refractivity contribution in [3.8, 4) is 0 Å². The van der Waals surface area contributed by atoms with Gasteiger partial charge in [-0.3, -0.25) is 24.1 Å². The molecule has 7 heteroatoms. The minimum Gasteiger partial charge on any atom is -0.337 e. The molecule has 0 unspecified atom stereocenters. The number of likely N-dealkylation sites (tertiary alicyclic amines) is 1. The van der Waals surface area contributed by atoms with Crippen molar-refractivity contribution in [2.45, 2.75) is 19.3 Å². The molecular weight excluding hydrogens is 282 g/mol. The molecule has 2 aromatic rings. The maximum atomic E-state index is 12.4. The van der Waals surface area contributed by atoms with E-state index in [0.29, 0.717) is 11.6 Å². The van der Waals surface area contributed by atoms with Crippen LogP contribution in [-0.2, 0) is 20.5 Å². The summed E-state index contributed by atoms with van der Waals surface area (Å²) in [6.07, 6.45) is 4.78. The molecule has 7 nitrogen and oxygen atoms in total. The van der Waals surface area contributed by atoms with Crippen LogP contribution >= 0.6 is 0 Å². The molecule has 3 rings (SSSR count). The molecule has 1 N–H and O–H groups in total. The highest BCUT2D eigenvalue weighted by Gasteiger charge is 2.25. The molecule has 0 bridgehead atoms. The molecule has 1 amide bonds. The van der Waals surface area contributed by atoms with E-state index in [1.807, 2.05) is 28.9 Å². The second-order valence-electron chi connectivity index (χ2n) is 5.95. The van der Waals surface area contributed by atoms with Gasteiger partial charge in [0.1, 0.15) is 5.69 Å². The number of aromatic amines is 1. The van der Waals surface area contributed by atoms with E-state index in [9.17, 15) is 9.59 Å². The fourth-order valence-corrected chi connectivity index (χ4v) is 3.08. The molecule has 0 aromatic carbocycles. The van der Waals surface area contributed by atoms with Crippen LogP contribution in [0, 0.1) is 5.92 Å². The van der Waals surface area contributed by atoms with E-state index in [0.717, 1.165) is 32.4 Å². The number of rotatable bonds is 3. The zero-order chi connectivity index (χ0) is 15.7. The summed E-state index contributed by atoms with van der Waals surface area (Å²) in [5.41, 5.74) is 1.42. The molecule has 1 aliphatic rings. The van der Waals surface area contributed by atoms with Gasteiger partial charge in [0.25, 0.3) is 11.5 Å². The summed E-state index contributed by atoms with van der Waals surface area (Å²) >= 11 is 0. The standard InChI is InChI=1S/C15H21N5O2/c1-18-12(3-6-16-18)9-11-4-7-20(8-5-11)15(22)13-10-14(21)17-19(13)2/h3,6,10-11H,4-5,7-9H2,1-2H3,(H,17,21). The van der Waals surface area contributed by atoms with Gasteiger partial charge in [0, 0.05) is 45.1 Å². The summed E-state index contributed by atoms with van der Waals surface area (Å²) < 4.78 is 3.40. The van der Waals surface area contributed by atoms with E-state index in [4.69, 9.17) is 0 Å². The predicted molar refractivity (Wildman–Crippen MR) is 81.6 cm³/mol. The number of piperidine rings is 1. The number of carbonyl (C=O) groups excluding carboxylic acids is 1. The topological polar surface area (TPSA) is 75.9 Å². The minimum absolute atomic E-state index is 0.0696. The number of hydrogen-bond acceptors (Lipinski definition) is 3. The zero-order valence-corrected chi connectivity index (χ0v) is 13.0. The van der Waals surface area contributed by atoms with Crippen LogP contribution in [0.3, 0.4) is 0 Å². The SMILES string of the molecule is Cn1nccc1CC1CCN(C(=O)c2cc(=O)[nH]n2C)CC1. The van der Waals surface area contributed by atoms with Gasteiger partial charge >= 0.3 is 0 Å². The maximum Gasteiger partial charge on any atom is 0.272 e. The summed E-state index contributed by atoms with van der Waals surface area (Å²) in [6.45, 7) is 1.47. The lowest BCUT2D eigenvalue weighted by atomic mass is 9.92. The van der Waals surface area contributed by atoms with Gasteiger partial charge in [0.05, 0.1) is 0 Å². The van der Waals surface area contributed by atoms with Crippen molar-refractivity contribution in [1.29, 1.82) is 0 Å². The fourth-order valence-electron chi connectivity index (χ4n) is 3.08. The molecule has 0 spiro atoms. The molecule has 1 fully saturated rings. The van der Waals surface area contributed by atoms with Crippen LogP contribution in [0.2, 0.25) is 0 Å². The minimum atomic E-state index is -0.239. The van der Waals surface area contributed by atoms with Crippen LogP contribution in [0.5, 0.6) is 0 Å². The number of nitrogens with one attached hydrogen (secondary N) is 1. The second-order valence-corrected chi connectivity index (χ2v) is 5.95. The molecule has 118 valence electrons. The van der Waals surface area contributed by atoms with Crippen molar-refractivity contribution in [2.75, 3.05) is 13.1 Å². The highest BCUT2D eigenvalue weighted by Crippen LogP contribution is 2.22. The molecular formula is C15H21N5O2. The van der Waals surface area contributed by atoms with E-state index in [2.05, 4.69) is 10.2 Å². The Bertz CT molecular complexity index is 718. The Hall–Kier alpha value is -2.31. The maximum absolute atomic E-state index is 12.4. The predicted octanol–water partition coefficient (Wildman–Crippen LogP) is 0.542. The molecule has 1 saturated heterocycles. The number of H-pyrrole nitrogens is 1. The molecule has 0 atom stereocenters. The Balaban J connectivity index is 1.60. The third-order valence-corrected chi connectivity index (χ3v) is 4.45. The highest BCUT2D eigenvalue weighted by atomic mass is 16.2. The third kappa shape index (κ3) is 2.84. The van der Waals surface area contributed by atoms with Gasteiger partial charge in [0.15, 0.2) is 0 Å². The highest BCUT2D eigenvalue weighted by molar-refractivity contribution is 5.92. The first kappa shape index (κ1) is 14.6. The van der Waals surface area contributed by atoms with Crippen molar-refractivity contribution in [2.24, 2.45) is 20.0 Å². The van der Waals surface area contributed by atoms with Crippen molar-refractivity contribution in [3.05, 3.63) is 40.1 Å². The van der Waals surface area contributed by atoms with Crippen molar-refractivity contribution in [3.63, 3.8) is 0 Å². The first-order valence-electron chi connectivity index (χ1n) is 7.57. The Morgan fingerprint density at radius 2 is 2.09 bits per heavy atom. The molecule has 0 aliphatic carbocycles. The first-order valence-corrected chi connectivity index (χ1v) is 7.57. The van der Waals surface area contributed by atoms with E-state index < -0.39 is 0 Å². The van der Waals surface area contributed by atoms with E-state index in [-0.39, 0.29) is 11.5 Å². The Morgan fingerprint density at radius 3 is 2.64 bits per heavy atom. The number of carbonyl (C=O) groups is 1. The summed E-state index contributed by atoms with van der Waals surface area (Å²) in [4.78, 5) is 25.6.